The van der Waals surface area contributed by atoms with Crippen LogP contribution in [0, 0.1) is 0 Å². The van der Waals surface area contributed by atoms with Crippen LogP contribution in [0.3, 0.4) is 0 Å². The van der Waals surface area contributed by atoms with Crippen molar-refractivity contribution in [1.82, 2.24) is 14.8 Å². The molecule has 1 aromatic rings. The van der Waals surface area contributed by atoms with Crippen molar-refractivity contribution >= 4 is 11.6 Å². The van der Waals surface area contributed by atoms with E-state index in [2.05, 4.69) is 23.9 Å². The van der Waals surface area contributed by atoms with E-state index in [1.165, 1.54) is 0 Å². The summed E-state index contributed by atoms with van der Waals surface area (Å²) in [7, 11) is 2.07. The molecule has 5 heteroatoms. The molecule has 0 bridgehead atoms. The van der Waals surface area contributed by atoms with E-state index in [1.54, 1.807) is 18.3 Å². The van der Waals surface area contributed by atoms with Crippen LogP contribution in [0.15, 0.2) is 18.3 Å². The molecule has 1 fully saturated rings. The summed E-state index contributed by atoms with van der Waals surface area (Å²) in [5.41, 5.74) is 6.58. The monoisotopic (exact) mass is 234 g/mol. The first kappa shape index (κ1) is 11.9. The third-order valence-electron chi connectivity index (χ3n) is 3.29. The Morgan fingerprint density at radius 1 is 1.53 bits per heavy atom. The fourth-order valence-electron chi connectivity index (χ4n) is 1.98. The second kappa shape index (κ2) is 4.71. The van der Waals surface area contributed by atoms with Crippen LogP contribution >= 0.6 is 0 Å². The van der Waals surface area contributed by atoms with Gasteiger partial charge in [0.1, 0.15) is 0 Å². The zero-order valence-corrected chi connectivity index (χ0v) is 10.3. The average Bonchev–Trinajstić information content (AvgIpc) is 2.32. The minimum absolute atomic E-state index is 0.0666. The van der Waals surface area contributed by atoms with Gasteiger partial charge in [-0.3, -0.25) is 4.79 Å². The van der Waals surface area contributed by atoms with Crippen LogP contribution in [0.2, 0.25) is 0 Å². The molecule has 1 aliphatic rings. The number of hydrogen-bond acceptors (Lipinski definition) is 4. The highest BCUT2D eigenvalue weighted by Gasteiger charge is 2.26. The summed E-state index contributed by atoms with van der Waals surface area (Å²) in [5, 5.41) is 0. The van der Waals surface area contributed by atoms with E-state index in [0.29, 0.717) is 17.4 Å². The third-order valence-corrected chi connectivity index (χ3v) is 3.29. The first-order chi connectivity index (χ1) is 8.09. The van der Waals surface area contributed by atoms with E-state index < -0.39 is 0 Å². The van der Waals surface area contributed by atoms with Gasteiger partial charge in [0.05, 0.1) is 5.69 Å². The smallest absolute Gasteiger partial charge is 0.274 e. The molecule has 1 atom stereocenters. The van der Waals surface area contributed by atoms with Crippen molar-refractivity contribution < 1.29 is 4.79 Å². The van der Waals surface area contributed by atoms with Gasteiger partial charge in [0.15, 0.2) is 5.69 Å². The van der Waals surface area contributed by atoms with Crippen LogP contribution in [0.4, 0.5) is 5.69 Å². The van der Waals surface area contributed by atoms with E-state index in [-0.39, 0.29) is 5.91 Å². The SMILES string of the molecule is CC1CN(C(=O)c2ncccc2N)CCN1C. The standard InChI is InChI=1S/C12H18N4O/c1-9-8-16(7-6-15(9)2)12(17)11-10(13)4-3-5-14-11/h3-5,9H,6-8,13H2,1-2H3. The van der Waals surface area contributed by atoms with Crippen molar-refractivity contribution in [3.05, 3.63) is 24.0 Å². The van der Waals surface area contributed by atoms with Gasteiger partial charge in [0.2, 0.25) is 0 Å². The molecule has 92 valence electrons. The van der Waals surface area contributed by atoms with Gasteiger partial charge >= 0.3 is 0 Å². The van der Waals surface area contributed by atoms with Crippen molar-refractivity contribution in [2.45, 2.75) is 13.0 Å². The number of carbonyl (C=O) groups is 1. The van der Waals surface area contributed by atoms with Crippen LogP contribution in [0.5, 0.6) is 0 Å². The van der Waals surface area contributed by atoms with Gasteiger partial charge in [-0.2, -0.15) is 0 Å². The van der Waals surface area contributed by atoms with Gasteiger partial charge in [0.25, 0.3) is 5.91 Å². The van der Waals surface area contributed by atoms with Gasteiger partial charge in [-0.15, -0.1) is 0 Å². The molecule has 0 saturated carbocycles. The predicted octanol–water partition coefficient (Wildman–Crippen LogP) is 0.440. The molecule has 1 aliphatic heterocycles. The number of amides is 1. The Kier molecular flexibility index (Phi) is 3.28. The summed E-state index contributed by atoms with van der Waals surface area (Å²) in [6.45, 7) is 4.46. The molecule has 17 heavy (non-hydrogen) atoms. The van der Waals surface area contributed by atoms with E-state index in [4.69, 9.17) is 5.73 Å². The number of nitrogens with two attached hydrogens (primary N) is 1. The van der Waals surface area contributed by atoms with Crippen molar-refractivity contribution in [2.24, 2.45) is 0 Å². The number of nitrogens with zero attached hydrogens (tertiary/aromatic N) is 3. The first-order valence-corrected chi connectivity index (χ1v) is 5.79. The maximum atomic E-state index is 12.2. The second-order valence-electron chi connectivity index (χ2n) is 4.52. The number of rotatable bonds is 1. The van der Waals surface area contributed by atoms with Crippen LogP contribution in [0.1, 0.15) is 17.4 Å². The molecule has 0 spiro atoms. The fourth-order valence-corrected chi connectivity index (χ4v) is 1.98. The van der Waals surface area contributed by atoms with Gasteiger partial charge in [0, 0.05) is 31.9 Å². The molecular formula is C12H18N4O. The number of piperazine rings is 1. The highest BCUT2D eigenvalue weighted by molar-refractivity contribution is 5.97. The zero-order valence-electron chi connectivity index (χ0n) is 10.3. The molecule has 2 heterocycles. The molecule has 0 radical (unpaired) electrons. The molecule has 2 N–H and O–H groups in total. The summed E-state index contributed by atoms with van der Waals surface area (Å²) in [4.78, 5) is 20.4. The Labute approximate surface area is 101 Å². The molecule has 2 rings (SSSR count). The number of nitrogen functional groups attached to an aromatic ring is 1. The van der Waals surface area contributed by atoms with Crippen molar-refractivity contribution in [3.63, 3.8) is 0 Å². The highest BCUT2D eigenvalue weighted by Crippen LogP contribution is 2.14. The number of carbonyl (C=O) groups excluding carboxylic acids is 1. The van der Waals surface area contributed by atoms with E-state index in [0.717, 1.165) is 19.6 Å². The molecule has 1 unspecified atom stereocenters. The molecule has 1 saturated heterocycles. The maximum absolute atomic E-state index is 12.2. The maximum Gasteiger partial charge on any atom is 0.274 e. The lowest BCUT2D eigenvalue weighted by molar-refractivity contribution is 0.0568. The normalized spacial score (nSPS) is 21.5. The Bertz CT molecular complexity index is 421. The van der Waals surface area contributed by atoms with Gasteiger partial charge in [-0.05, 0) is 26.1 Å². The molecule has 1 aromatic heterocycles. The van der Waals surface area contributed by atoms with Crippen LogP contribution in [-0.4, -0.2) is 53.4 Å². The lowest BCUT2D eigenvalue weighted by atomic mass is 10.2. The summed E-state index contributed by atoms with van der Waals surface area (Å²) >= 11 is 0. The van der Waals surface area contributed by atoms with Gasteiger partial charge < -0.3 is 15.5 Å². The average molecular weight is 234 g/mol. The number of aromatic nitrogens is 1. The van der Waals surface area contributed by atoms with Crippen LogP contribution < -0.4 is 5.73 Å². The Morgan fingerprint density at radius 3 is 2.94 bits per heavy atom. The molecule has 5 nitrogen and oxygen atoms in total. The van der Waals surface area contributed by atoms with Crippen molar-refractivity contribution in [3.8, 4) is 0 Å². The first-order valence-electron chi connectivity index (χ1n) is 5.79. The Balaban J connectivity index is 2.14. The number of anilines is 1. The quantitative estimate of drug-likeness (QED) is 0.766. The highest BCUT2D eigenvalue weighted by atomic mass is 16.2. The summed E-state index contributed by atoms with van der Waals surface area (Å²) in [6.07, 6.45) is 1.60. The van der Waals surface area contributed by atoms with Crippen LogP contribution in [-0.2, 0) is 0 Å². The third kappa shape index (κ3) is 2.39. The van der Waals surface area contributed by atoms with Crippen molar-refractivity contribution in [1.29, 1.82) is 0 Å². The topological polar surface area (TPSA) is 62.5 Å². The Morgan fingerprint density at radius 2 is 2.29 bits per heavy atom. The lowest BCUT2D eigenvalue weighted by Crippen LogP contribution is -2.52. The van der Waals surface area contributed by atoms with Gasteiger partial charge in [-0.1, -0.05) is 0 Å². The van der Waals surface area contributed by atoms with E-state index in [1.807, 2.05) is 4.90 Å². The predicted molar refractivity (Wildman–Crippen MR) is 66.6 cm³/mol. The fraction of sp³-hybridized carbons (Fsp3) is 0.500. The number of pyridine rings is 1. The summed E-state index contributed by atoms with van der Waals surface area (Å²) < 4.78 is 0. The molecule has 0 aromatic carbocycles. The van der Waals surface area contributed by atoms with E-state index in [9.17, 15) is 4.79 Å². The summed E-state index contributed by atoms with van der Waals surface area (Å²) in [6, 6.07) is 3.82. The van der Waals surface area contributed by atoms with Gasteiger partial charge in [-0.25, -0.2) is 4.98 Å². The largest absolute Gasteiger partial charge is 0.397 e. The Hall–Kier alpha value is -1.62. The lowest BCUT2D eigenvalue weighted by Gasteiger charge is -2.37. The molecular weight excluding hydrogens is 216 g/mol. The van der Waals surface area contributed by atoms with Crippen LogP contribution in [0.25, 0.3) is 0 Å². The molecule has 0 aliphatic carbocycles. The van der Waals surface area contributed by atoms with Crippen molar-refractivity contribution in [2.75, 3.05) is 32.4 Å². The molecule has 1 amide bonds. The minimum Gasteiger partial charge on any atom is -0.397 e. The van der Waals surface area contributed by atoms with E-state index >= 15 is 0 Å². The zero-order chi connectivity index (χ0) is 12.4. The summed E-state index contributed by atoms with van der Waals surface area (Å²) in [5.74, 6) is -0.0666. The number of hydrogen-bond donors (Lipinski definition) is 1. The minimum atomic E-state index is -0.0666. The second-order valence-corrected chi connectivity index (χ2v) is 4.52. The number of likely N-dealkylation sites (N-methyl/N-ethyl adjacent to an activating group) is 1.